The first-order chi connectivity index (χ1) is 11.5. The molecule has 0 saturated heterocycles. The first kappa shape index (κ1) is 16.5. The van der Waals surface area contributed by atoms with Gasteiger partial charge in [0.25, 0.3) is 0 Å². The van der Waals surface area contributed by atoms with Crippen LogP contribution >= 0.6 is 0 Å². The van der Waals surface area contributed by atoms with Crippen LogP contribution in [0.4, 0.5) is 5.82 Å². The van der Waals surface area contributed by atoms with Gasteiger partial charge in [-0.15, -0.1) is 0 Å². The minimum Gasteiger partial charge on any atom is -0.364 e. The molecule has 126 valence electrons. The van der Waals surface area contributed by atoms with Crippen molar-refractivity contribution >= 4 is 16.9 Å². The Morgan fingerprint density at radius 3 is 2.42 bits per heavy atom. The van der Waals surface area contributed by atoms with Crippen LogP contribution in [0, 0.1) is 27.7 Å². The van der Waals surface area contributed by atoms with Crippen molar-refractivity contribution in [3.63, 3.8) is 0 Å². The van der Waals surface area contributed by atoms with Gasteiger partial charge in [-0.05, 0) is 56.4 Å². The molecule has 4 nitrogen and oxygen atoms in total. The molecule has 0 unspecified atom stereocenters. The molecular weight excluding hydrogens is 296 g/mol. The smallest absolute Gasteiger partial charge is 0.154 e. The quantitative estimate of drug-likeness (QED) is 0.741. The summed E-state index contributed by atoms with van der Waals surface area (Å²) in [6.45, 7) is 12.6. The second kappa shape index (κ2) is 6.63. The second-order valence-corrected chi connectivity index (χ2v) is 6.51. The van der Waals surface area contributed by atoms with Crippen molar-refractivity contribution in [1.29, 1.82) is 0 Å². The summed E-state index contributed by atoms with van der Waals surface area (Å²) >= 11 is 0. The van der Waals surface area contributed by atoms with Crippen molar-refractivity contribution in [1.82, 2.24) is 14.5 Å². The van der Waals surface area contributed by atoms with Crippen LogP contribution in [0.2, 0.25) is 0 Å². The number of hydrogen-bond donors (Lipinski definition) is 1. The third kappa shape index (κ3) is 2.77. The number of aromatic nitrogens is 3. The van der Waals surface area contributed by atoms with E-state index in [2.05, 4.69) is 72.7 Å². The van der Waals surface area contributed by atoms with Crippen LogP contribution in [0.3, 0.4) is 0 Å². The number of nitrogens with one attached hydrogen (secondary N) is 1. The van der Waals surface area contributed by atoms with Crippen molar-refractivity contribution in [2.45, 2.75) is 54.1 Å². The molecule has 0 saturated carbocycles. The molecule has 1 aromatic carbocycles. The number of nitrogens with zero attached hydrogens (tertiary/aromatic N) is 3. The van der Waals surface area contributed by atoms with Gasteiger partial charge in [-0.3, -0.25) is 0 Å². The summed E-state index contributed by atoms with van der Waals surface area (Å²) in [6.07, 6.45) is 2.76. The van der Waals surface area contributed by atoms with Gasteiger partial charge in [0.05, 0.1) is 5.52 Å². The predicted octanol–water partition coefficient (Wildman–Crippen LogP) is 4.69. The lowest BCUT2D eigenvalue weighted by atomic mass is 10.0. The highest BCUT2D eigenvalue weighted by atomic mass is 15.1. The lowest BCUT2D eigenvalue weighted by Gasteiger charge is -2.14. The highest BCUT2D eigenvalue weighted by Crippen LogP contribution is 2.28. The molecule has 3 aromatic rings. The molecule has 0 amide bonds. The molecule has 4 heteroatoms. The van der Waals surface area contributed by atoms with Crippen LogP contribution < -0.4 is 5.32 Å². The van der Waals surface area contributed by atoms with E-state index in [9.17, 15) is 0 Å². The van der Waals surface area contributed by atoms with Crippen molar-refractivity contribution in [2.24, 2.45) is 0 Å². The normalized spacial score (nSPS) is 11.2. The van der Waals surface area contributed by atoms with Gasteiger partial charge in [-0.25, -0.2) is 9.97 Å². The molecule has 2 heterocycles. The summed E-state index contributed by atoms with van der Waals surface area (Å²) < 4.78 is 2.34. The van der Waals surface area contributed by atoms with Crippen molar-refractivity contribution in [3.05, 3.63) is 52.5 Å². The topological polar surface area (TPSA) is 42.7 Å². The Morgan fingerprint density at radius 1 is 1.04 bits per heavy atom. The van der Waals surface area contributed by atoms with Gasteiger partial charge in [0.1, 0.15) is 11.8 Å². The Balaban J connectivity index is 2.02. The molecule has 0 aliphatic rings. The summed E-state index contributed by atoms with van der Waals surface area (Å²) in [4.78, 5) is 9.06. The van der Waals surface area contributed by atoms with E-state index in [0.717, 1.165) is 36.4 Å². The summed E-state index contributed by atoms with van der Waals surface area (Å²) in [5.74, 6) is 0.923. The third-order valence-electron chi connectivity index (χ3n) is 4.92. The fourth-order valence-corrected chi connectivity index (χ4v) is 3.38. The number of fused-ring (bicyclic) bond motifs is 1. The Bertz CT molecular complexity index is 857. The zero-order valence-corrected chi connectivity index (χ0v) is 15.3. The first-order valence-corrected chi connectivity index (χ1v) is 8.64. The van der Waals surface area contributed by atoms with Crippen molar-refractivity contribution in [3.8, 4) is 0 Å². The lowest BCUT2D eigenvalue weighted by Crippen LogP contribution is -2.08. The fourth-order valence-electron chi connectivity index (χ4n) is 3.38. The number of hydrogen-bond acceptors (Lipinski definition) is 3. The Morgan fingerprint density at radius 2 is 1.75 bits per heavy atom. The number of rotatable bonds is 5. The molecule has 24 heavy (non-hydrogen) atoms. The van der Waals surface area contributed by atoms with Crippen molar-refractivity contribution < 1.29 is 0 Å². The van der Waals surface area contributed by atoms with Crippen LogP contribution in [0.1, 0.15) is 41.3 Å². The molecule has 2 aromatic heterocycles. The molecule has 0 aliphatic heterocycles. The Labute approximate surface area is 143 Å². The SMILES string of the molecule is CCCn1c(C)c(C)c2ncnc(NCc3c(C)cccc3C)c21. The van der Waals surface area contributed by atoms with E-state index >= 15 is 0 Å². The molecule has 0 aliphatic carbocycles. The summed E-state index contributed by atoms with van der Waals surface area (Å²) in [7, 11) is 0. The third-order valence-corrected chi connectivity index (χ3v) is 4.92. The monoisotopic (exact) mass is 322 g/mol. The molecule has 0 spiro atoms. The molecule has 0 atom stereocenters. The Kier molecular flexibility index (Phi) is 4.56. The lowest BCUT2D eigenvalue weighted by molar-refractivity contribution is 0.683. The molecular formula is C20H26N4. The predicted molar refractivity (Wildman–Crippen MR) is 101 cm³/mol. The summed E-state index contributed by atoms with van der Waals surface area (Å²) in [5, 5.41) is 3.55. The second-order valence-electron chi connectivity index (χ2n) is 6.51. The highest BCUT2D eigenvalue weighted by molar-refractivity contribution is 5.90. The van der Waals surface area contributed by atoms with Gasteiger partial charge in [-0.1, -0.05) is 25.1 Å². The largest absolute Gasteiger partial charge is 0.364 e. The zero-order valence-electron chi connectivity index (χ0n) is 15.3. The van der Waals surface area contributed by atoms with Crippen LogP contribution in [0.5, 0.6) is 0 Å². The molecule has 3 rings (SSSR count). The average molecular weight is 322 g/mol. The van der Waals surface area contributed by atoms with E-state index in [4.69, 9.17) is 0 Å². The molecule has 0 fully saturated rings. The minimum absolute atomic E-state index is 0.778. The van der Waals surface area contributed by atoms with Gasteiger partial charge >= 0.3 is 0 Å². The molecule has 1 N–H and O–H groups in total. The number of aryl methyl sites for hydroxylation is 4. The maximum atomic E-state index is 4.54. The van der Waals surface area contributed by atoms with Crippen molar-refractivity contribution in [2.75, 3.05) is 5.32 Å². The van der Waals surface area contributed by atoms with Crippen LogP contribution in [0.25, 0.3) is 11.0 Å². The average Bonchev–Trinajstić information content (AvgIpc) is 2.81. The van der Waals surface area contributed by atoms with Gasteiger partial charge in [0, 0.05) is 18.8 Å². The van der Waals surface area contributed by atoms with E-state index in [0.29, 0.717) is 0 Å². The van der Waals surface area contributed by atoms with E-state index in [1.807, 2.05) is 0 Å². The zero-order chi connectivity index (χ0) is 17.3. The van der Waals surface area contributed by atoms with Gasteiger partial charge in [0.15, 0.2) is 5.82 Å². The standard InChI is InChI=1S/C20H26N4/c1-6-10-24-16(5)15(4)18-19(24)20(23-12-22-18)21-11-17-13(2)8-7-9-14(17)3/h7-9,12H,6,10-11H2,1-5H3,(H,21,22,23). The number of anilines is 1. The highest BCUT2D eigenvalue weighted by Gasteiger charge is 2.16. The minimum atomic E-state index is 0.778. The van der Waals surface area contributed by atoms with Gasteiger partial charge in [-0.2, -0.15) is 0 Å². The maximum absolute atomic E-state index is 4.54. The molecule has 0 radical (unpaired) electrons. The maximum Gasteiger partial charge on any atom is 0.154 e. The van der Waals surface area contributed by atoms with E-state index in [-0.39, 0.29) is 0 Å². The Hall–Kier alpha value is -2.36. The molecule has 0 bridgehead atoms. The van der Waals surface area contributed by atoms with Gasteiger partial charge < -0.3 is 9.88 Å². The van der Waals surface area contributed by atoms with E-state index < -0.39 is 0 Å². The van der Waals surface area contributed by atoms with Gasteiger partial charge in [0.2, 0.25) is 0 Å². The summed E-state index contributed by atoms with van der Waals surface area (Å²) in [6, 6.07) is 6.43. The van der Waals surface area contributed by atoms with E-state index in [1.54, 1.807) is 6.33 Å². The fraction of sp³-hybridized carbons (Fsp3) is 0.400. The van der Waals surface area contributed by atoms with Crippen LogP contribution in [-0.2, 0) is 13.1 Å². The first-order valence-electron chi connectivity index (χ1n) is 8.64. The number of benzene rings is 1. The van der Waals surface area contributed by atoms with Crippen LogP contribution in [0.15, 0.2) is 24.5 Å². The van der Waals surface area contributed by atoms with Crippen LogP contribution in [-0.4, -0.2) is 14.5 Å². The summed E-state index contributed by atoms with van der Waals surface area (Å²) in [5.41, 5.74) is 8.67. The van der Waals surface area contributed by atoms with E-state index in [1.165, 1.54) is 27.9 Å².